The Hall–Kier alpha value is -1.96. The molecule has 8 nitrogen and oxygen atoms in total. The van der Waals surface area contributed by atoms with Crippen molar-refractivity contribution < 1.29 is 14.8 Å². The fourth-order valence-corrected chi connectivity index (χ4v) is 2.39. The van der Waals surface area contributed by atoms with Crippen molar-refractivity contribution in [3.8, 4) is 0 Å². The molecule has 2 heterocycles. The van der Waals surface area contributed by atoms with Gasteiger partial charge in [-0.1, -0.05) is 0 Å². The summed E-state index contributed by atoms with van der Waals surface area (Å²) in [7, 11) is 0. The van der Waals surface area contributed by atoms with Gasteiger partial charge in [-0.05, 0) is 28.7 Å². The first kappa shape index (κ1) is 14.4. The van der Waals surface area contributed by atoms with Crippen LogP contribution in [0.15, 0.2) is 12.5 Å². The molecule has 0 aromatic carbocycles. The molecule has 0 spiro atoms. The van der Waals surface area contributed by atoms with Gasteiger partial charge in [0, 0.05) is 32.7 Å². The Morgan fingerprint density at radius 2 is 2.40 bits per heavy atom. The number of hydrogen-bond donors (Lipinski definition) is 1. The SMILES string of the molecule is O=C(CCn1cnc([N+](=O)[O-])c1)N1CCCC(CO)C1. The van der Waals surface area contributed by atoms with Crippen molar-refractivity contribution in [2.75, 3.05) is 19.7 Å². The number of nitro groups is 1. The predicted octanol–water partition coefficient (Wildman–Crippen LogP) is 0.412. The number of aryl methyl sites for hydroxylation is 1. The van der Waals surface area contributed by atoms with Crippen molar-refractivity contribution >= 4 is 11.7 Å². The predicted molar refractivity (Wildman–Crippen MR) is 69.9 cm³/mol. The molecule has 1 aromatic heterocycles. The van der Waals surface area contributed by atoms with Crippen LogP contribution in [-0.4, -0.2) is 50.1 Å². The van der Waals surface area contributed by atoms with Crippen LogP contribution < -0.4 is 0 Å². The molecule has 20 heavy (non-hydrogen) atoms. The van der Waals surface area contributed by atoms with E-state index in [1.165, 1.54) is 12.5 Å². The van der Waals surface area contributed by atoms with Crippen LogP contribution in [-0.2, 0) is 11.3 Å². The molecule has 0 bridgehead atoms. The van der Waals surface area contributed by atoms with E-state index in [1.54, 1.807) is 9.47 Å². The number of aliphatic hydroxyl groups excluding tert-OH is 1. The lowest BCUT2D eigenvalue weighted by Crippen LogP contribution is -2.41. The smallest absolute Gasteiger partial charge is 0.381 e. The monoisotopic (exact) mass is 282 g/mol. The van der Waals surface area contributed by atoms with E-state index in [-0.39, 0.29) is 30.7 Å². The molecule has 1 unspecified atom stereocenters. The van der Waals surface area contributed by atoms with E-state index in [2.05, 4.69) is 4.98 Å². The van der Waals surface area contributed by atoms with Gasteiger partial charge >= 0.3 is 5.82 Å². The minimum atomic E-state index is -0.561. The second kappa shape index (κ2) is 6.47. The van der Waals surface area contributed by atoms with Crippen molar-refractivity contribution in [1.29, 1.82) is 0 Å². The lowest BCUT2D eigenvalue weighted by atomic mass is 9.99. The van der Waals surface area contributed by atoms with E-state index in [1.807, 2.05) is 0 Å². The highest BCUT2D eigenvalue weighted by Crippen LogP contribution is 2.16. The van der Waals surface area contributed by atoms with E-state index in [0.717, 1.165) is 19.4 Å². The van der Waals surface area contributed by atoms with Crippen LogP contribution in [0.3, 0.4) is 0 Å². The molecule has 1 amide bonds. The first-order valence-corrected chi connectivity index (χ1v) is 6.65. The Bertz CT molecular complexity index is 488. The number of carbonyl (C=O) groups excluding carboxylic acids is 1. The van der Waals surface area contributed by atoms with Gasteiger partial charge in [0.2, 0.25) is 12.2 Å². The Kier molecular flexibility index (Phi) is 4.67. The molecular formula is C12H18N4O4. The lowest BCUT2D eigenvalue weighted by Gasteiger charge is -2.31. The van der Waals surface area contributed by atoms with Gasteiger partial charge in [-0.25, -0.2) is 0 Å². The molecule has 1 aliphatic heterocycles. The Labute approximate surface area is 116 Å². The third-order valence-electron chi connectivity index (χ3n) is 3.52. The molecule has 1 atom stereocenters. The summed E-state index contributed by atoms with van der Waals surface area (Å²) in [4.78, 5) is 27.4. The Morgan fingerprint density at radius 3 is 3.05 bits per heavy atom. The second-order valence-electron chi connectivity index (χ2n) is 5.01. The van der Waals surface area contributed by atoms with Crippen LogP contribution in [0, 0.1) is 16.0 Å². The molecule has 1 fully saturated rings. The minimum absolute atomic E-state index is 0.0134. The zero-order chi connectivity index (χ0) is 14.5. The minimum Gasteiger partial charge on any atom is -0.396 e. The van der Waals surface area contributed by atoms with Gasteiger partial charge in [-0.15, -0.1) is 0 Å². The summed E-state index contributed by atoms with van der Waals surface area (Å²) in [5, 5.41) is 19.6. The van der Waals surface area contributed by atoms with Crippen LogP contribution in [0.2, 0.25) is 0 Å². The van der Waals surface area contributed by atoms with Crippen LogP contribution in [0.1, 0.15) is 19.3 Å². The summed E-state index contributed by atoms with van der Waals surface area (Å²) < 4.78 is 1.55. The van der Waals surface area contributed by atoms with Gasteiger partial charge in [0.05, 0.1) is 0 Å². The molecule has 2 rings (SSSR count). The molecule has 1 saturated heterocycles. The number of rotatable bonds is 5. The number of likely N-dealkylation sites (tertiary alicyclic amines) is 1. The lowest BCUT2D eigenvalue weighted by molar-refractivity contribution is -0.389. The van der Waals surface area contributed by atoms with E-state index < -0.39 is 4.92 Å². The molecule has 1 aliphatic rings. The molecule has 8 heteroatoms. The first-order chi connectivity index (χ1) is 9.60. The third-order valence-corrected chi connectivity index (χ3v) is 3.52. The third kappa shape index (κ3) is 3.53. The maximum absolute atomic E-state index is 12.1. The highest BCUT2D eigenvalue weighted by Gasteiger charge is 2.23. The summed E-state index contributed by atoms with van der Waals surface area (Å²) >= 11 is 0. The number of nitrogens with zero attached hydrogens (tertiary/aromatic N) is 4. The Morgan fingerprint density at radius 1 is 1.60 bits per heavy atom. The molecule has 1 N–H and O–H groups in total. The van der Waals surface area contributed by atoms with Gasteiger partial charge in [-0.3, -0.25) is 4.79 Å². The van der Waals surface area contributed by atoms with Gasteiger partial charge < -0.3 is 24.7 Å². The fourth-order valence-electron chi connectivity index (χ4n) is 2.39. The quantitative estimate of drug-likeness (QED) is 0.622. The van der Waals surface area contributed by atoms with E-state index in [9.17, 15) is 14.9 Å². The Balaban J connectivity index is 1.83. The molecule has 110 valence electrons. The number of piperidine rings is 1. The maximum atomic E-state index is 12.1. The van der Waals surface area contributed by atoms with E-state index in [0.29, 0.717) is 13.1 Å². The summed E-state index contributed by atoms with van der Waals surface area (Å²) in [6.45, 7) is 1.80. The van der Waals surface area contributed by atoms with Crippen molar-refractivity contribution in [3.63, 3.8) is 0 Å². The normalized spacial score (nSPS) is 19.1. The average Bonchev–Trinajstić information content (AvgIpc) is 2.94. The van der Waals surface area contributed by atoms with Crippen molar-refractivity contribution in [1.82, 2.24) is 14.5 Å². The molecule has 0 saturated carbocycles. The fraction of sp³-hybridized carbons (Fsp3) is 0.667. The number of amides is 1. The van der Waals surface area contributed by atoms with Gasteiger partial charge in [0.25, 0.3) is 0 Å². The number of aliphatic hydroxyl groups is 1. The van der Waals surface area contributed by atoms with Crippen molar-refractivity contribution in [2.24, 2.45) is 5.92 Å². The average molecular weight is 282 g/mol. The van der Waals surface area contributed by atoms with Crippen molar-refractivity contribution in [2.45, 2.75) is 25.8 Å². The van der Waals surface area contributed by atoms with Gasteiger partial charge in [-0.2, -0.15) is 0 Å². The summed E-state index contributed by atoms with van der Waals surface area (Å²) in [6.07, 6.45) is 4.82. The topological polar surface area (TPSA) is 102 Å². The molecular weight excluding hydrogens is 264 g/mol. The van der Waals surface area contributed by atoms with E-state index in [4.69, 9.17) is 5.11 Å². The maximum Gasteiger partial charge on any atom is 0.381 e. The number of imidazole rings is 1. The highest BCUT2D eigenvalue weighted by molar-refractivity contribution is 5.76. The van der Waals surface area contributed by atoms with Crippen molar-refractivity contribution in [3.05, 3.63) is 22.6 Å². The van der Waals surface area contributed by atoms with Gasteiger partial charge in [0.1, 0.15) is 6.20 Å². The molecule has 0 aliphatic carbocycles. The zero-order valence-corrected chi connectivity index (χ0v) is 11.1. The first-order valence-electron chi connectivity index (χ1n) is 6.65. The largest absolute Gasteiger partial charge is 0.396 e. The van der Waals surface area contributed by atoms with E-state index >= 15 is 0 Å². The molecule has 0 radical (unpaired) electrons. The zero-order valence-electron chi connectivity index (χ0n) is 11.1. The van der Waals surface area contributed by atoms with Gasteiger partial charge in [0.15, 0.2) is 0 Å². The van der Waals surface area contributed by atoms with Crippen LogP contribution in [0.25, 0.3) is 0 Å². The van der Waals surface area contributed by atoms with Crippen LogP contribution in [0.4, 0.5) is 5.82 Å². The summed E-state index contributed by atoms with van der Waals surface area (Å²) in [5.41, 5.74) is 0. The number of carbonyl (C=O) groups is 1. The van der Waals surface area contributed by atoms with Crippen LogP contribution >= 0.6 is 0 Å². The number of hydrogen-bond acceptors (Lipinski definition) is 5. The summed E-state index contributed by atoms with van der Waals surface area (Å²) in [6, 6.07) is 0. The standard InChI is InChI=1S/C12H18N4O4/c17-8-10-2-1-4-15(6-10)12(18)3-5-14-7-11(13-9-14)16(19)20/h7,9-10,17H,1-6,8H2. The number of aromatic nitrogens is 2. The molecule has 1 aromatic rings. The van der Waals surface area contributed by atoms with Crippen LogP contribution in [0.5, 0.6) is 0 Å². The second-order valence-corrected chi connectivity index (χ2v) is 5.01. The highest BCUT2D eigenvalue weighted by atomic mass is 16.6. The summed E-state index contributed by atoms with van der Waals surface area (Å²) in [5.74, 6) is -0.0303.